The van der Waals surface area contributed by atoms with Gasteiger partial charge in [0.25, 0.3) is 0 Å². The smallest absolute Gasteiger partial charge is 0.218 e. The first kappa shape index (κ1) is 15.5. The topological polar surface area (TPSA) is 42.4 Å². The van der Waals surface area contributed by atoms with Crippen LogP contribution < -0.4 is 4.74 Å². The van der Waals surface area contributed by atoms with Crippen molar-refractivity contribution >= 4 is 0 Å². The average Bonchev–Trinajstić information content (AvgIpc) is 2.46. The van der Waals surface area contributed by atoms with Crippen LogP contribution in [0.1, 0.15) is 43.6 Å². The number of aromatic nitrogens is 1. The summed E-state index contributed by atoms with van der Waals surface area (Å²) in [4.78, 5) is 4.12. The van der Waals surface area contributed by atoms with Crippen molar-refractivity contribution in [3.63, 3.8) is 0 Å². The lowest BCUT2D eigenvalue weighted by Gasteiger charge is -2.19. The molecule has 1 atom stereocenters. The third-order valence-electron chi connectivity index (χ3n) is 3.60. The number of benzene rings is 1. The normalized spacial score (nSPS) is 13.0. The molecule has 0 radical (unpaired) electrons. The Morgan fingerprint density at radius 1 is 1.14 bits per heavy atom. The number of ether oxygens (including phenoxy) is 1. The number of pyridine rings is 1. The van der Waals surface area contributed by atoms with Crippen molar-refractivity contribution in [1.29, 1.82) is 0 Å². The van der Waals surface area contributed by atoms with E-state index in [0.717, 1.165) is 11.1 Å². The van der Waals surface area contributed by atoms with E-state index in [1.165, 1.54) is 5.56 Å². The summed E-state index contributed by atoms with van der Waals surface area (Å²) in [5.41, 5.74) is 3.25. The Morgan fingerprint density at radius 2 is 1.81 bits per heavy atom. The predicted octanol–water partition coefficient (Wildman–Crippen LogP) is 3.66. The van der Waals surface area contributed by atoms with Crippen LogP contribution in [0.4, 0.5) is 0 Å². The predicted molar refractivity (Wildman–Crippen MR) is 84.6 cm³/mol. The van der Waals surface area contributed by atoms with E-state index in [1.54, 1.807) is 13.3 Å². The minimum absolute atomic E-state index is 0.143. The highest BCUT2D eigenvalue weighted by Gasteiger charge is 2.16. The minimum atomic E-state index is -0.617. The molecule has 1 aromatic heterocycles. The van der Waals surface area contributed by atoms with Gasteiger partial charge in [-0.2, -0.15) is 0 Å². The first-order chi connectivity index (χ1) is 9.91. The fourth-order valence-corrected chi connectivity index (χ4v) is 2.30. The maximum atomic E-state index is 10.4. The molecular formula is C18H23NO2. The molecule has 0 saturated carbocycles. The second-order valence-corrected chi connectivity index (χ2v) is 6.27. The number of methoxy groups -OCH3 is 1. The van der Waals surface area contributed by atoms with Gasteiger partial charge in [0, 0.05) is 18.2 Å². The summed E-state index contributed by atoms with van der Waals surface area (Å²) in [7, 11) is 1.57. The molecule has 1 aromatic carbocycles. The van der Waals surface area contributed by atoms with Crippen LogP contribution in [0.5, 0.6) is 5.88 Å². The fraction of sp³-hybridized carbons (Fsp3) is 0.389. The zero-order valence-corrected chi connectivity index (χ0v) is 13.1. The summed E-state index contributed by atoms with van der Waals surface area (Å²) in [5.74, 6) is 0.483. The molecule has 0 aliphatic heterocycles. The van der Waals surface area contributed by atoms with E-state index in [2.05, 4.69) is 50.0 Å². The van der Waals surface area contributed by atoms with Crippen molar-refractivity contribution in [1.82, 2.24) is 4.98 Å². The molecule has 1 unspecified atom stereocenters. The number of aliphatic hydroxyl groups excluding tert-OH is 1. The molecule has 0 saturated heterocycles. The quantitative estimate of drug-likeness (QED) is 0.932. The highest BCUT2D eigenvalue weighted by molar-refractivity contribution is 5.32. The van der Waals surface area contributed by atoms with E-state index < -0.39 is 6.10 Å². The van der Waals surface area contributed by atoms with Gasteiger partial charge < -0.3 is 9.84 Å². The molecule has 21 heavy (non-hydrogen) atoms. The largest absolute Gasteiger partial charge is 0.481 e. The maximum Gasteiger partial charge on any atom is 0.218 e. The van der Waals surface area contributed by atoms with Gasteiger partial charge in [-0.15, -0.1) is 0 Å². The summed E-state index contributed by atoms with van der Waals surface area (Å²) >= 11 is 0. The van der Waals surface area contributed by atoms with Gasteiger partial charge >= 0.3 is 0 Å². The minimum Gasteiger partial charge on any atom is -0.481 e. The zero-order chi connectivity index (χ0) is 15.5. The highest BCUT2D eigenvalue weighted by atomic mass is 16.5. The van der Waals surface area contributed by atoms with Crippen molar-refractivity contribution in [3.8, 4) is 5.88 Å². The summed E-state index contributed by atoms with van der Waals surface area (Å²) in [6.07, 6.45) is 1.59. The molecule has 0 bridgehead atoms. The van der Waals surface area contributed by atoms with Crippen LogP contribution in [-0.4, -0.2) is 17.2 Å². The molecule has 0 fully saturated rings. The van der Waals surface area contributed by atoms with Crippen LogP contribution in [0.15, 0.2) is 42.6 Å². The average molecular weight is 285 g/mol. The van der Waals surface area contributed by atoms with Crippen LogP contribution in [0.3, 0.4) is 0 Å². The van der Waals surface area contributed by atoms with Crippen molar-refractivity contribution < 1.29 is 9.84 Å². The standard InChI is InChI=1S/C18H23NO2/c1-18(2,3)14-9-7-13(8-10-14)12-16(20)15-6-5-11-19-17(15)21-4/h5-11,16,20H,12H2,1-4H3. The molecule has 0 aliphatic rings. The lowest BCUT2D eigenvalue weighted by Crippen LogP contribution is -2.11. The summed E-state index contributed by atoms with van der Waals surface area (Å²) in [6, 6.07) is 12.1. The third kappa shape index (κ3) is 3.82. The fourth-order valence-electron chi connectivity index (χ4n) is 2.30. The van der Waals surface area contributed by atoms with Gasteiger partial charge in [0.1, 0.15) is 0 Å². The molecule has 112 valence electrons. The summed E-state index contributed by atoms with van der Waals surface area (Å²) in [6.45, 7) is 6.58. The zero-order valence-electron chi connectivity index (χ0n) is 13.1. The van der Waals surface area contributed by atoms with Crippen LogP contribution in [-0.2, 0) is 11.8 Å². The molecule has 3 heteroatoms. The molecule has 2 aromatic rings. The van der Waals surface area contributed by atoms with Crippen LogP contribution >= 0.6 is 0 Å². The maximum absolute atomic E-state index is 10.4. The molecular weight excluding hydrogens is 262 g/mol. The van der Waals surface area contributed by atoms with Crippen molar-refractivity contribution in [2.24, 2.45) is 0 Å². The van der Waals surface area contributed by atoms with Gasteiger partial charge in [-0.3, -0.25) is 0 Å². The molecule has 0 amide bonds. The molecule has 1 heterocycles. The Kier molecular flexibility index (Phi) is 4.63. The lowest BCUT2D eigenvalue weighted by atomic mass is 9.86. The Morgan fingerprint density at radius 3 is 2.38 bits per heavy atom. The monoisotopic (exact) mass is 285 g/mol. The lowest BCUT2D eigenvalue weighted by molar-refractivity contribution is 0.173. The van der Waals surface area contributed by atoms with Crippen LogP contribution in [0.2, 0.25) is 0 Å². The Balaban J connectivity index is 2.14. The number of nitrogens with zero attached hydrogens (tertiary/aromatic N) is 1. The summed E-state index contributed by atoms with van der Waals surface area (Å²) < 4.78 is 5.20. The van der Waals surface area contributed by atoms with E-state index in [0.29, 0.717) is 12.3 Å². The molecule has 2 rings (SSSR count). The van der Waals surface area contributed by atoms with Gasteiger partial charge in [0.05, 0.1) is 13.2 Å². The van der Waals surface area contributed by atoms with E-state index in [-0.39, 0.29) is 5.41 Å². The van der Waals surface area contributed by atoms with Gasteiger partial charge in [0.2, 0.25) is 5.88 Å². The molecule has 3 nitrogen and oxygen atoms in total. The van der Waals surface area contributed by atoms with Crippen LogP contribution in [0, 0.1) is 0 Å². The SMILES string of the molecule is COc1ncccc1C(O)Cc1ccc(C(C)(C)C)cc1. The second-order valence-electron chi connectivity index (χ2n) is 6.27. The summed E-state index contributed by atoms with van der Waals surface area (Å²) in [5, 5.41) is 10.4. The van der Waals surface area contributed by atoms with Crippen molar-refractivity contribution in [2.75, 3.05) is 7.11 Å². The molecule has 0 aliphatic carbocycles. The molecule has 0 spiro atoms. The first-order valence-corrected chi connectivity index (χ1v) is 7.18. The van der Waals surface area contributed by atoms with Gasteiger partial charge in [-0.25, -0.2) is 4.98 Å². The third-order valence-corrected chi connectivity index (χ3v) is 3.60. The van der Waals surface area contributed by atoms with E-state index >= 15 is 0 Å². The van der Waals surface area contributed by atoms with Crippen molar-refractivity contribution in [2.45, 2.75) is 38.7 Å². The van der Waals surface area contributed by atoms with E-state index in [4.69, 9.17) is 4.74 Å². The second kappa shape index (κ2) is 6.27. The Bertz CT molecular complexity index is 585. The number of rotatable bonds is 4. The number of hydrogen-bond donors (Lipinski definition) is 1. The highest BCUT2D eigenvalue weighted by Crippen LogP contribution is 2.27. The number of aliphatic hydroxyl groups is 1. The first-order valence-electron chi connectivity index (χ1n) is 7.18. The Labute approximate surface area is 126 Å². The van der Waals surface area contributed by atoms with Crippen LogP contribution in [0.25, 0.3) is 0 Å². The van der Waals surface area contributed by atoms with Gasteiger partial charge in [-0.05, 0) is 28.7 Å². The van der Waals surface area contributed by atoms with Gasteiger partial charge in [0.15, 0.2) is 0 Å². The Hall–Kier alpha value is -1.87. The van der Waals surface area contributed by atoms with E-state index in [9.17, 15) is 5.11 Å². The number of hydrogen-bond acceptors (Lipinski definition) is 3. The van der Waals surface area contributed by atoms with Gasteiger partial charge in [-0.1, -0.05) is 45.0 Å². The van der Waals surface area contributed by atoms with Crippen molar-refractivity contribution in [3.05, 3.63) is 59.3 Å². The van der Waals surface area contributed by atoms with E-state index in [1.807, 2.05) is 12.1 Å². The molecule has 1 N–H and O–H groups in total.